The van der Waals surface area contributed by atoms with Crippen molar-refractivity contribution < 1.29 is 9.84 Å². The van der Waals surface area contributed by atoms with Gasteiger partial charge in [-0.15, -0.1) is 0 Å². The molecule has 1 N–H and O–H groups in total. The highest BCUT2D eigenvalue weighted by Gasteiger charge is 2.14. The molecule has 0 saturated heterocycles. The lowest BCUT2D eigenvalue weighted by molar-refractivity contribution is 0.265. The van der Waals surface area contributed by atoms with Crippen LogP contribution in [0.15, 0.2) is 18.2 Å². The lowest BCUT2D eigenvalue weighted by Gasteiger charge is -2.20. The molecule has 0 aliphatic rings. The van der Waals surface area contributed by atoms with E-state index in [2.05, 4.69) is 45.9 Å². The summed E-state index contributed by atoms with van der Waals surface area (Å²) < 4.78 is 5.77. The van der Waals surface area contributed by atoms with Gasteiger partial charge in [-0.2, -0.15) is 0 Å². The predicted molar refractivity (Wildman–Crippen MR) is 76.3 cm³/mol. The third kappa shape index (κ3) is 4.69. The summed E-state index contributed by atoms with van der Waals surface area (Å²) in [7, 11) is 0. The fourth-order valence-electron chi connectivity index (χ4n) is 1.85. The van der Waals surface area contributed by atoms with E-state index in [0.29, 0.717) is 0 Å². The highest BCUT2D eigenvalue weighted by Crippen LogP contribution is 2.27. The number of hydrogen-bond donors (Lipinski definition) is 1. The molecular weight excluding hydrogens is 224 g/mol. The molecule has 0 fully saturated rings. The van der Waals surface area contributed by atoms with Crippen LogP contribution in [-0.4, -0.2) is 18.3 Å². The van der Waals surface area contributed by atoms with Crippen LogP contribution in [0.5, 0.6) is 5.75 Å². The van der Waals surface area contributed by atoms with Crippen LogP contribution in [0.2, 0.25) is 0 Å². The standard InChI is InChI=1S/C16H26O2/c1-13-12-14(16(2,3)4)8-9-15(13)18-11-7-5-6-10-17/h8-9,12,17H,5-7,10-11H2,1-4H3. The molecule has 0 bridgehead atoms. The van der Waals surface area contributed by atoms with Crippen molar-refractivity contribution in [1.82, 2.24) is 0 Å². The Bertz CT molecular complexity index is 364. The second kappa shape index (κ2) is 6.79. The molecule has 0 amide bonds. The molecule has 0 aliphatic heterocycles. The molecule has 0 heterocycles. The highest BCUT2D eigenvalue weighted by molar-refractivity contribution is 5.38. The van der Waals surface area contributed by atoms with Crippen LogP contribution in [0, 0.1) is 6.92 Å². The first-order valence-electron chi connectivity index (χ1n) is 6.80. The zero-order valence-electron chi connectivity index (χ0n) is 12.1. The number of benzene rings is 1. The molecule has 102 valence electrons. The van der Waals surface area contributed by atoms with Crippen molar-refractivity contribution in [2.45, 2.75) is 52.4 Å². The molecule has 18 heavy (non-hydrogen) atoms. The summed E-state index contributed by atoms with van der Waals surface area (Å²) in [5.41, 5.74) is 2.72. The molecule has 0 unspecified atom stereocenters. The topological polar surface area (TPSA) is 29.5 Å². The van der Waals surface area contributed by atoms with Crippen molar-refractivity contribution in [3.05, 3.63) is 29.3 Å². The Morgan fingerprint density at radius 1 is 1.11 bits per heavy atom. The SMILES string of the molecule is Cc1cc(C(C)(C)C)ccc1OCCCCCO. The first-order valence-corrected chi connectivity index (χ1v) is 6.80. The largest absolute Gasteiger partial charge is 0.493 e. The summed E-state index contributed by atoms with van der Waals surface area (Å²) in [5.74, 6) is 0.979. The summed E-state index contributed by atoms with van der Waals surface area (Å²) in [6, 6.07) is 6.43. The molecule has 2 heteroatoms. The molecule has 0 spiro atoms. The van der Waals surface area contributed by atoms with E-state index in [-0.39, 0.29) is 12.0 Å². The average Bonchev–Trinajstić information content (AvgIpc) is 2.29. The summed E-state index contributed by atoms with van der Waals surface area (Å²) in [6.45, 7) is 9.76. The zero-order chi connectivity index (χ0) is 13.6. The number of aliphatic hydroxyl groups is 1. The van der Waals surface area contributed by atoms with Crippen LogP contribution < -0.4 is 4.74 Å². The fourth-order valence-corrected chi connectivity index (χ4v) is 1.85. The molecule has 1 aromatic rings. The van der Waals surface area contributed by atoms with Gasteiger partial charge in [-0.25, -0.2) is 0 Å². The van der Waals surface area contributed by atoms with E-state index in [1.807, 2.05) is 0 Å². The predicted octanol–water partition coefficient (Wildman–Crippen LogP) is 3.83. The second-order valence-corrected chi connectivity index (χ2v) is 5.86. The fraction of sp³-hybridized carbons (Fsp3) is 0.625. The van der Waals surface area contributed by atoms with Gasteiger partial charge in [0.25, 0.3) is 0 Å². The lowest BCUT2D eigenvalue weighted by atomic mass is 9.86. The van der Waals surface area contributed by atoms with Crippen molar-refractivity contribution in [2.75, 3.05) is 13.2 Å². The number of unbranched alkanes of at least 4 members (excludes halogenated alkanes) is 2. The smallest absolute Gasteiger partial charge is 0.122 e. The Hall–Kier alpha value is -1.02. The second-order valence-electron chi connectivity index (χ2n) is 5.86. The maximum Gasteiger partial charge on any atom is 0.122 e. The highest BCUT2D eigenvalue weighted by atomic mass is 16.5. The lowest BCUT2D eigenvalue weighted by Crippen LogP contribution is -2.11. The van der Waals surface area contributed by atoms with E-state index >= 15 is 0 Å². The van der Waals surface area contributed by atoms with Crippen molar-refractivity contribution in [3.8, 4) is 5.75 Å². The van der Waals surface area contributed by atoms with E-state index in [9.17, 15) is 0 Å². The van der Waals surface area contributed by atoms with E-state index in [1.54, 1.807) is 0 Å². The van der Waals surface area contributed by atoms with Crippen molar-refractivity contribution in [2.24, 2.45) is 0 Å². The van der Waals surface area contributed by atoms with E-state index in [1.165, 1.54) is 11.1 Å². The summed E-state index contributed by atoms with van der Waals surface area (Å²) in [4.78, 5) is 0. The van der Waals surface area contributed by atoms with E-state index in [4.69, 9.17) is 9.84 Å². The molecule has 0 radical (unpaired) electrons. The molecule has 2 nitrogen and oxygen atoms in total. The van der Waals surface area contributed by atoms with Gasteiger partial charge in [0.05, 0.1) is 6.61 Å². The average molecular weight is 250 g/mol. The normalized spacial score (nSPS) is 11.6. The van der Waals surface area contributed by atoms with Gasteiger partial charge in [-0.05, 0) is 48.8 Å². The van der Waals surface area contributed by atoms with Gasteiger partial charge in [-0.1, -0.05) is 32.9 Å². The van der Waals surface area contributed by atoms with Crippen molar-refractivity contribution in [1.29, 1.82) is 0 Å². The van der Waals surface area contributed by atoms with Gasteiger partial charge in [0, 0.05) is 6.61 Å². The Labute approximate surface area is 111 Å². The monoisotopic (exact) mass is 250 g/mol. The minimum Gasteiger partial charge on any atom is -0.493 e. The number of ether oxygens (including phenoxy) is 1. The quantitative estimate of drug-likeness (QED) is 0.777. The third-order valence-corrected chi connectivity index (χ3v) is 3.10. The van der Waals surface area contributed by atoms with Crippen LogP contribution in [0.25, 0.3) is 0 Å². The number of hydrogen-bond acceptors (Lipinski definition) is 2. The Balaban J connectivity index is 2.53. The van der Waals surface area contributed by atoms with Gasteiger partial charge in [-0.3, -0.25) is 0 Å². The van der Waals surface area contributed by atoms with Crippen LogP contribution in [0.1, 0.15) is 51.2 Å². The van der Waals surface area contributed by atoms with Gasteiger partial charge < -0.3 is 9.84 Å². The van der Waals surface area contributed by atoms with Crippen LogP contribution in [0.4, 0.5) is 0 Å². The number of aryl methyl sites for hydroxylation is 1. The zero-order valence-corrected chi connectivity index (χ0v) is 12.1. The first-order chi connectivity index (χ1) is 8.45. The third-order valence-electron chi connectivity index (χ3n) is 3.10. The van der Waals surface area contributed by atoms with Crippen LogP contribution in [-0.2, 0) is 5.41 Å². The van der Waals surface area contributed by atoms with Crippen molar-refractivity contribution >= 4 is 0 Å². The maximum atomic E-state index is 8.69. The Kier molecular flexibility index (Phi) is 5.67. The first kappa shape index (κ1) is 15.0. The van der Waals surface area contributed by atoms with Crippen LogP contribution in [0.3, 0.4) is 0 Å². The van der Waals surface area contributed by atoms with Gasteiger partial charge in [0.1, 0.15) is 5.75 Å². The summed E-state index contributed by atoms with van der Waals surface area (Å²) in [6.07, 6.45) is 2.89. The Morgan fingerprint density at radius 3 is 2.39 bits per heavy atom. The molecule has 1 rings (SSSR count). The van der Waals surface area contributed by atoms with Crippen molar-refractivity contribution in [3.63, 3.8) is 0 Å². The van der Waals surface area contributed by atoms with E-state index < -0.39 is 0 Å². The maximum absolute atomic E-state index is 8.69. The Morgan fingerprint density at radius 2 is 1.83 bits per heavy atom. The van der Waals surface area contributed by atoms with E-state index in [0.717, 1.165) is 31.6 Å². The van der Waals surface area contributed by atoms with Gasteiger partial charge >= 0.3 is 0 Å². The minimum absolute atomic E-state index is 0.185. The molecule has 0 aromatic heterocycles. The molecular formula is C16H26O2. The molecule has 0 atom stereocenters. The molecule has 0 saturated carbocycles. The van der Waals surface area contributed by atoms with Gasteiger partial charge in [0.15, 0.2) is 0 Å². The number of rotatable bonds is 6. The van der Waals surface area contributed by atoms with Gasteiger partial charge in [0.2, 0.25) is 0 Å². The molecule has 1 aromatic carbocycles. The minimum atomic E-state index is 0.185. The number of aliphatic hydroxyl groups excluding tert-OH is 1. The molecule has 0 aliphatic carbocycles. The summed E-state index contributed by atoms with van der Waals surface area (Å²) in [5, 5.41) is 8.69. The van der Waals surface area contributed by atoms with Crippen LogP contribution >= 0.6 is 0 Å². The summed E-state index contributed by atoms with van der Waals surface area (Å²) >= 11 is 0.